The Morgan fingerprint density at radius 1 is 0.333 bits per heavy atom. The molecule has 0 saturated heterocycles. The van der Waals surface area contributed by atoms with Crippen molar-refractivity contribution in [1.29, 1.82) is 0 Å². The van der Waals surface area contributed by atoms with E-state index >= 15 is 0 Å². The number of esters is 3. The third-order valence-corrected chi connectivity index (χ3v) is 11.8. The molecular formula is C57H102O6. The Hall–Kier alpha value is -2.63. The van der Waals surface area contributed by atoms with Crippen LogP contribution in [-0.4, -0.2) is 37.2 Å². The first-order valence-electron chi connectivity index (χ1n) is 27.1. The lowest BCUT2D eigenvalue weighted by Gasteiger charge is -2.18. The van der Waals surface area contributed by atoms with Crippen LogP contribution in [0.15, 0.2) is 48.6 Å². The van der Waals surface area contributed by atoms with Gasteiger partial charge < -0.3 is 14.2 Å². The second-order valence-electron chi connectivity index (χ2n) is 18.1. The molecule has 0 saturated carbocycles. The Balaban J connectivity index is 4.36. The van der Waals surface area contributed by atoms with Crippen molar-refractivity contribution >= 4 is 17.9 Å². The van der Waals surface area contributed by atoms with E-state index in [1.165, 1.54) is 148 Å². The smallest absolute Gasteiger partial charge is 0.306 e. The summed E-state index contributed by atoms with van der Waals surface area (Å²) in [5.74, 6) is -0.885. The maximum absolute atomic E-state index is 12.8. The Bertz CT molecular complexity index is 1110. The molecule has 0 aromatic heterocycles. The van der Waals surface area contributed by atoms with Gasteiger partial charge in [-0.25, -0.2) is 0 Å². The van der Waals surface area contributed by atoms with Crippen LogP contribution in [0.5, 0.6) is 0 Å². The molecule has 0 spiro atoms. The zero-order valence-corrected chi connectivity index (χ0v) is 41.8. The molecule has 63 heavy (non-hydrogen) atoms. The third kappa shape index (κ3) is 50.2. The minimum atomic E-state index is -0.777. The average Bonchev–Trinajstić information content (AvgIpc) is 3.28. The molecule has 0 radical (unpaired) electrons. The second kappa shape index (κ2) is 52.0. The molecule has 0 heterocycles. The van der Waals surface area contributed by atoms with E-state index < -0.39 is 6.10 Å². The van der Waals surface area contributed by atoms with Gasteiger partial charge in [0.05, 0.1) is 0 Å². The van der Waals surface area contributed by atoms with Crippen molar-refractivity contribution in [2.75, 3.05) is 13.2 Å². The quantitative estimate of drug-likeness (QED) is 0.0262. The van der Waals surface area contributed by atoms with Crippen molar-refractivity contribution in [2.24, 2.45) is 0 Å². The molecule has 0 aliphatic heterocycles. The molecule has 6 heteroatoms. The normalized spacial score (nSPS) is 12.4. The van der Waals surface area contributed by atoms with Gasteiger partial charge in [-0.05, 0) is 77.0 Å². The molecule has 0 aliphatic rings. The van der Waals surface area contributed by atoms with E-state index in [-0.39, 0.29) is 31.1 Å². The number of rotatable bonds is 49. The van der Waals surface area contributed by atoms with Crippen LogP contribution in [0.2, 0.25) is 0 Å². The van der Waals surface area contributed by atoms with Gasteiger partial charge in [0.25, 0.3) is 0 Å². The molecule has 0 bridgehead atoms. The molecule has 6 nitrogen and oxygen atoms in total. The van der Waals surface area contributed by atoms with Crippen LogP contribution < -0.4 is 0 Å². The van der Waals surface area contributed by atoms with E-state index in [9.17, 15) is 14.4 Å². The van der Waals surface area contributed by atoms with Crippen molar-refractivity contribution in [3.63, 3.8) is 0 Å². The largest absolute Gasteiger partial charge is 0.462 e. The third-order valence-electron chi connectivity index (χ3n) is 11.8. The summed E-state index contributed by atoms with van der Waals surface area (Å²) in [7, 11) is 0. The Morgan fingerprint density at radius 2 is 0.619 bits per heavy atom. The molecule has 0 aromatic carbocycles. The summed E-state index contributed by atoms with van der Waals surface area (Å²) < 4.78 is 16.8. The predicted molar refractivity (Wildman–Crippen MR) is 270 cm³/mol. The standard InChI is InChI=1S/C57H102O6/c1-4-7-10-13-16-19-22-25-27-29-31-32-35-38-41-44-47-50-56(59)62-53-54(52-61-55(58)49-46-43-40-37-34-24-21-18-15-12-9-6-3)63-57(60)51-48-45-42-39-36-33-30-28-26-23-20-17-14-11-8-5-2/h7,10,16,18-19,21,25,27,54H,4-6,8-9,11-15,17,20,22-24,26,28-53H2,1-3H3/b10-7-,19-16-,21-18-,27-25-. The van der Waals surface area contributed by atoms with Crippen LogP contribution in [0.1, 0.15) is 278 Å². The van der Waals surface area contributed by atoms with Gasteiger partial charge in [-0.15, -0.1) is 0 Å². The summed E-state index contributed by atoms with van der Waals surface area (Å²) in [6.45, 7) is 6.51. The molecule has 0 rings (SSSR count). The lowest BCUT2D eigenvalue weighted by molar-refractivity contribution is -0.167. The summed E-state index contributed by atoms with van der Waals surface area (Å²) in [5, 5.41) is 0. The van der Waals surface area contributed by atoms with Crippen LogP contribution in [0.4, 0.5) is 0 Å². The molecule has 366 valence electrons. The molecule has 1 unspecified atom stereocenters. The maximum atomic E-state index is 12.8. The van der Waals surface area contributed by atoms with Gasteiger partial charge in [0.2, 0.25) is 0 Å². The molecule has 0 N–H and O–H groups in total. The highest BCUT2D eigenvalue weighted by molar-refractivity contribution is 5.71. The number of carbonyl (C=O) groups is 3. The van der Waals surface area contributed by atoms with Gasteiger partial charge in [-0.1, -0.05) is 230 Å². The van der Waals surface area contributed by atoms with Crippen molar-refractivity contribution in [3.05, 3.63) is 48.6 Å². The molecule has 1 atom stereocenters. The monoisotopic (exact) mass is 883 g/mol. The minimum absolute atomic E-state index is 0.0782. The van der Waals surface area contributed by atoms with Gasteiger partial charge >= 0.3 is 17.9 Å². The molecule has 0 aromatic rings. The highest BCUT2D eigenvalue weighted by Crippen LogP contribution is 2.16. The summed E-state index contributed by atoms with van der Waals surface area (Å²) in [6.07, 6.45) is 62.4. The number of carbonyl (C=O) groups excluding carboxylic acids is 3. The van der Waals surface area contributed by atoms with E-state index in [4.69, 9.17) is 14.2 Å². The molecule has 0 fully saturated rings. The molecular weight excluding hydrogens is 781 g/mol. The van der Waals surface area contributed by atoms with Crippen molar-refractivity contribution in [2.45, 2.75) is 284 Å². The Morgan fingerprint density at radius 3 is 1.02 bits per heavy atom. The Kier molecular flexibility index (Phi) is 49.8. The highest BCUT2D eigenvalue weighted by Gasteiger charge is 2.19. The van der Waals surface area contributed by atoms with Crippen LogP contribution in [-0.2, 0) is 28.6 Å². The Labute approximate surface area is 390 Å². The van der Waals surface area contributed by atoms with E-state index in [1.807, 2.05) is 0 Å². The number of hydrogen-bond acceptors (Lipinski definition) is 6. The lowest BCUT2D eigenvalue weighted by Crippen LogP contribution is -2.30. The SMILES string of the molecule is CC/C=C\C/C=C\C/C=C\CCCCCCCCCC(=O)OCC(COC(=O)CCCCCCC/C=C\CCCCC)OC(=O)CCCCCCCCCCCCCCCCCC. The zero-order valence-electron chi connectivity index (χ0n) is 41.8. The van der Waals surface area contributed by atoms with Gasteiger partial charge in [0.15, 0.2) is 6.10 Å². The first-order valence-corrected chi connectivity index (χ1v) is 27.1. The maximum Gasteiger partial charge on any atom is 0.306 e. The first kappa shape index (κ1) is 60.4. The van der Waals surface area contributed by atoms with Gasteiger partial charge in [0.1, 0.15) is 13.2 Å². The van der Waals surface area contributed by atoms with E-state index in [0.29, 0.717) is 19.3 Å². The number of allylic oxidation sites excluding steroid dienone is 8. The van der Waals surface area contributed by atoms with E-state index in [0.717, 1.165) is 89.9 Å². The highest BCUT2D eigenvalue weighted by atomic mass is 16.6. The van der Waals surface area contributed by atoms with Gasteiger partial charge in [0, 0.05) is 19.3 Å². The second-order valence-corrected chi connectivity index (χ2v) is 18.1. The summed E-state index contributed by atoms with van der Waals surface area (Å²) in [6, 6.07) is 0. The van der Waals surface area contributed by atoms with Crippen molar-refractivity contribution in [3.8, 4) is 0 Å². The summed E-state index contributed by atoms with van der Waals surface area (Å²) in [4.78, 5) is 38.0. The summed E-state index contributed by atoms with van der Waals surface area (Å²) in [5.41, 5.74) is 0. The average molecular weight is 883 g/mol. The van der Waals surface area contributed by atoms with Gasteiger partial charge in [-0.3, -0.25) is 14.4 Å². The first-order chi connectivity index (χ1) is 31.0. The minimum Gasteiger partial charge on any atom is -0.462 e. The van der Waals surface area contributed by atoms with E-state index in [1.54, 1.807) is 0 Å². The van der Waals surface area contributed by atoms with Crippen LogP contribution >= 0.6 is 0 Å². The fourth-order valence-corrected chi connectivity index (χ4v) is 7.75. The lowest BCUT2D eigenvalue weighted by atomic mass is 10.0. The zero-order chi connectivity index (χ0) is 45.8. The van der Waals surface area contributed by atoms with Gasteiger partial charge in [-0.2, -0.15) is 0 Å². The predicted octanol–water partition coefficient (Wildman–Crippen LogP) is 17.9. The fourth-order valence-electron chi connectivity index (χ4n) is 7.75. The molecule has 0 amide bonds. The molecule has 0 aliphatic carbocycles. The number of ether oxygens (including phenoxy) is 3. The van der Waals surface area contributed by atoms with Crippen LogP contribution in [0, 0.1) is 0 Å². The van der Waals surface area contributed by atoms with Crippen molar-refractivity contribution < 1.29 is 28.6 Å². The topological polar surface area (TPSA) is 78.9 Å². The van der Waals surface area contributed by atoms with E-state index in [2.05, 4.69) is 69.4 Å². The number of hydrogen-bond donors (Lipinski definition) is 0. The van der Waals surface area contributed by atoms with Crippen molar-refractivity contribution in [1.82, 2.24) is 0 Å². The summed E-state index contributed by atoms with van der Waals surface area (Å²) >= 11 is 0. The van der Waals surface area contributed by atoms with Crippen LogP contribution in [0.25, 0.3) is 0 Å². The van der Waals surface area contributed by atoms with Crippen LogP contribution in [0.3, 0.4) is 0 Å². The number of unbranched alkanes of at least 4 members (excludes halogenated alkanes) is 30. The fraction of sp³-hybridized carbons (Fsp3) is 0.807.